The number of ether oxygens (including phenoxy) is 2. The summed E-state index contributed by atoms with van der Waals surface area (Å²) in [7, 11) is 0. The van der Waals surface area contributed by atoms with Crippen LogP contribution in [0.4, 0.5) is 0 Å². The summed E-state index contributed by atoms with van der Waals surface area (Å²) in [5.41, 5.74) is 2.49. The second-order valence-electron chi connectivity index (χ2n) is 7.06. The fraction of sp³-hybridized carbons (Fsp3) is 0.632. The van der Waals surface area contributed by atoms with Gasteiger partial charge in [-0.3, -0.25) is 0 Å². The third-order valence-electron chi connectivity index (χ3n) is 4.55. The van der Waals surface area contributed by atoms with E-state index in [-0.39, 0.29) is 5.97 Å². The van der Waals surface area contributed by atoms with Gasteiger partial charge in [0.15, 0.2) is 5.60 Å². The first-order valence-electron chi connectivity index (χ1n) is 8.44. The van der Waals surface area contributed by atoms with Crippen molar-refractivity contribution >= 4 is 5.97 Å². The molecule has 2 atom stereocenters. The molecule has 0 saturated carbocycles. The Morgan fingerprint density at radius 3 is 2.35 bits per heavy atom. The number of hydrogen-bond donors (Lipinski definition) is 1. The molecule has 4 heteroatoms. The molecule has 1 aromatic rings. The Hall–Kier alpha value is -1.55. The Morgan fingerprint density at radius 1 is 1.26 bits per heavy atom. The first kappa shape index (κ1) is 17.8. The van der Waals surface area contributed by atoms with E-state index < -0.39 is 5.60 Å². The van der Waals surface area contributed by atoms with Crippen molar-refractivity contribution in [2.45, 2.75) is 53.1 Å². The van der Waals surface area contributed by atoms with Gasteiger partial charge in [-0.05, 0) is 63.8 Å². The maximum absolute atomic E-state index is 12.1. The third kappa shape index (κ3) is 3.86. The number of rotatable bonds is 5. The molecule has 1 aromatic carbocycles. The van der Waals surface area contributed by atoms with Crippen LogP contribution in [0.5, 0.6) is 5.75 Å². The lowest BCUT2D eigenvalue weighted by molar-refractivity contribution is -0.158. The minimum atomic E-state index is -0.991. The van der Waals surface area contributed by atoms with E-state index in [1.807, 2.05) is 13.8 Å². The van der Waals surface area contributed by atoms with Crippen molar-refractivity contribution in [1.82, 2.24) is 5.32 Å². The Balaban J connectivity index is 2.25. The Kier molecular flexibility index (Phi) is 5.35. The van der Waals surface area contributed by atoms with Gasteiger partial charge >= 0.3 is 5.97 Å². The second kappa shape index (κ2) is 6.91. The minimum absolute atomic E-state index is 0.337. The van der Waals surface area contributed by atoms with E-state index in [1.54, 1.807) is 20.8 Å². The van der Waals surface area contributed by atoms with Crippen LogP contribution in [0.2, 0.25) is 0 Å². The molecule has 1 fully saturated rings. The summed E-state index contributed by atoms with van der Waals surface area (Å²) in [4.78, 5) is 12.1. The van der Waals surface area contributed by atoms with Gasteiger partial charge in [-0.1, -0.05) is 19.1 Å². The highest BCUT2D eigenvalue weighted by molar-refractivity contribution is 5.79. The molecule has 0 bridgehead atoms. The van der Waals surface area contributed by atoms with Gasteiger partial charge in [0.25, 0.3) is 0 Å². The third-order valence-corrected chi connectivity index (χ3v) is 4.55. The standard InChI is InChI=1S/C19H29NO3/c1-7-22-18(21)19(5,6)23-17-12(2)8-15(9-13(17)3)16-11-20-10-14(16)4/h8-9,14,16,20H,7,10-11H2,1-6H3. The number of esters is 1. The lowest BCUT2D eigenvalue weighted by atomic mass is 9.88. The normalized spacial score (nSPS) is 21.3. The van der Waals surface area contributed by atoms with E-state index in [2.05, 4.69) is 24.4 Å². The van der Waals surface area contributed by atoms with Gasteiger partial charge in [0, 0.05) is 12.5 Å². The zero-order valence-corrected chi connectivity index (χ0v) is 15.2. The van der Waals surface area contributed by atoms with Crippen LogP contribution in [0.1, 0.15) is 50.3 Å². The minimum Gasteiger partial charge on any atom is -0.476 e. The molecule has 1 aliphatic rings. The van der Waals surface area contributed by atoms with Crippen molar-refractivity contribution < 1.29 is 14.3 Å². The smallest absolute Gasteiger partial charge is 0.349 e. The van der Waals surface area contributed by atoms with E-state index in [1.165, 1.54) is 5.56 Å². The summed E-state index contributed by atoms with van der Waals surface area (Å²) in [5.74, 6) is 1.62. The van der Waals surface area contributed by atoms with Gasteiger partial charge in [0.1, 0.15) is 5.75 Å². The molecule has 23 heavy (non-hydrogen) atoms. The highest BCUT2D eigenvalue weighted by Crippen LogP contribution is 2.34. The monoisotopic (exact) mass is 319 g/mol. The fourth-order valence-corrected chi connectivity index (χ4v) is 3.22. The van der Waals surface area contributed by atoms with Gasteiger partial charge in [0.2, 0.25) is 0 Å². The Labute approximate surface area is 139 Å². The van der Waals surface area contributed by atoms with E-state index in [0.717, 1.165) is 30.0 Å². The zero-order chi connectivity index (χ0) is 17.2. The highest BCUT2D eigenvalue weighted by atomic mass is 16.6. The lowest BCUT2D eigenvalue weighted by Gasteiger charge is -2.27. The molecule has 128 valence electrons. The maximum atomic E-state index is 12.1. The van der Waals surface area contributed by atoms with Crippen LogP contribution in [0.3, 0.4) is 0 Å². The Bertz CT molecular complexity index is 557. The molecule has 0 aliphatic carbocycles. The van der Waals surface area contributed by atoms with Crippen molar-refractivity contribution in [3.63, 3.8) is 0 Å². The van der Waals surface area contributed by atoms with Crippen LogP contribution in [-0.2, 0) is 9.53 Å². The van der Waals surface area contributed by atoms with Crippen LogP contribution in [0.15, 0.2) is 12.1 Å². The van der Waals surface area contributed by atoms with E-state index in [0.29, 0.717) is 18.4 Å². The molecule has 1 aliphatic heterocycles. The summed E-state index contributed by atoms with van der Waals surface area (Å²) in [6.45, 7) is 14.1. The second-order valence-corrected chi connectivity index (χ2v) is 7.06. The van der Waals surface area contributed by atoms with E-state index >= 15 is 0 Å². The molecule has 1 saturated heterocycles. The molecule has 1 heterocycles. The highest BCUT2D eigenvalue weighted by Gasteiger charge is 2.33. The summed E-state index contributed by atoms with van der Waals surface area (Å²) >= 11 is 0. The summed E-state index contributed by atoms with van der Waals surface area (Å²) in [6.07, 6.45) is 0. The number of nitrogens with one attached hydrogen (secondary N) is 1. The topological polar surface area (TPSA) is 47.6 Å². The quantitative estimate of drug-likeness (QED) is 0.846. The number of hydrogen-bond acceptors (Lipinski definition) is 4. The Morgan fingerprint density at radius 2 is 1.87 bits per heavy atom. The summed E-state index contributed by atoms with van der Waals surface area (Å²) in [6, 6.07) is 4.38. The van der Waals surface area contributed by atoms with Crippen molar-refractivity contribution in [3.8, 4) is 5.75 Å². The largest absolute Gasteiger partial charge is 0.476 e. The van der Waals surface area contributed by atoms with Crippen molar-refractivity contribution in [1.29, 1.82) is 0 Å². The first-order chi connectivity index (χ1) is 10.8. The predicted octanol–water partition coefficient (Wildman–Crippen LogP) is 3.35. The number of carbonyl (C=O) groups excluding carboxylic acids is 1. The van der Waals surface area contributed by atoms with Crippen LogP contribution >= 0.6 is 0 Å². The molecule has 4 nitrogen and oxygen atoms in total. The van der Waals surface area contributed by atoms with Crippen molar-refractivity contribution in [2.24, 2.45) is 5.92 Å². The average molecular weight is 319 g/mol. The van der Waals surface area contributed by atoms with Crippen LogP contribution in [-0.4, -0.2) is 31.3 Å². The number of benzene rings is 1. The van der Waals surface area contributed by atoms with Crippen molar-refractivity contribution in [3.05, 3.63) is 28.8 Å². The van der Waals surface area contributed by atoms with Gasteiger partial charge in [-0.2, -0.15) is 0 Å². The van der Waals surface area contributed by atoms with Crippen LogP contribution in [0.25, 0.3) is 0 Å². The predicted molar refractivity (Wildman–Crippen MR) is 92.0 cm³/mol. The van der Waals surface area contributed by atoms with Crippen molar-refractivity contribution in [2.75, 3.05) is 19.7 Å². The molecule has 0 spiro atoms. The van der Waals surface area contributed by atoms with Gasteiger partial charge < -0.3 is 14.8 Å². The molecule has 0 aromatic heterocycles. The summed E-state index contributed by atoms with van der Waals surface area (Å²) in [5, 5.41) is 3.45. The fourth-order valence-electron chi connectivity index (χ4n) is 3.22. The van der Waals surface area contributed by atoms with Crippen LogP contribution in [0, 0.1) is 19.8 Å². The number of carbonyl (C=O) groups is 1. The average Bonchev–Trinajstić information content (AvgIpc) is 2.89. The maximum Gasteiger partial charge on any atom is 0.349 e. The molecule has 2 rings (SSSR count). The molecular weight excluding hydrogens is 290 g/mol. The molecule has 0 radical (unpaired) electrons. The first-order valence-corrected chi connectivity index (χ1v) is 8.44. The molecule has 1 N–H and O–H groups in total. The van der Waals surface area contributed by atoms with Gasteiger partial charge in [0.05, 0.1) is 6.61 Å². The molecule has 0 amide bonds. The van der Waals surface area contributed by atoms with Gasteiger partial charge in [-0.25, -0.2) is 4.79 Å². The zero-order valence-electron chi connectivity index (χ0n) is 15.2. The number of aryl methyl sites for hydroxylation is 2. The lowest BCUT2D eigenvalue weighted by Crippen LogP contribution is -2.40. The molecule has 2 unspecified atom stereocenters. The van der Waals surface area contributed by atoms with Crippen LogP contribution < -0.4 is 10.1 Å². The van der Waals surface area contributed by atoms with E-state index in [9.17, 15) is 4.79 Å². The molecular formula is C19H29NO3. The van der Waals surface area contributed by atoms with Gasteiger partial charge in [-0.15, -0.1) is 0 Å². The summed E-state index contributed by atoms with van der Waals surface area (Å²) < 4.78 is 11.1. The SMILES string of the molecule is CCOC(=O)C(C)(C)Oc1c(C)cc(C2CNCC2C)cc1C. The van der Waals surface area contributed by atoms with E-state index in [4.69, 9.17) is 9.47 Å².